The quantitative estimate of drug-likeness (QED) is 0.833. The number of benzene rings is 1. The standard InChI is InChI=1S/C9H6BrFN4OS/c10-5-2-6(11)7(12)1-4(5)8(16)14-9-15-13-3-17-9/h1-3H,12H2,(H,14,15,16). The number of nitrogens with one attached hydrogen (secondary N) is 1. The van der Waals surface area contributed by atoms with Gasteiger partial charge in [-0.2, -0.15) is 0 Å². The van der Waals surface area contributed by atoms with Crippen LogP contribution in [0.1, 0.15) is 10.4 Å². The summed E-state index contributed by atoms with van der Waals surface area (Å²) in [4.78, 5) is 11.8. The summed E-state index contributed by atoms with van der Waals surface area (Å²) in [7, 11) is 0. The Hall–Kier alpha value is -1.54. The zero-order valence-corrected chi connectivity index (χ0v) is 10.7. The predicted molar refractivity (Wildman–Crippen MR) is 66.4 cm³/mol. The Balaban J connectivity index is 2.28. The van der Waals surface area contributed by atoms with Crippen LogP contribution < -0.4 is 11.1 Å². The fourth-order valence-corrected chi connectivity index (χ4v) is 2.07. The van der Waals surface area contributed by atoms with Gasteiger partial charge in [-0.3, -0.25) is 10.1 Å². The van der Waals surface area contributed by atoms with E-state index in [4.69, 9.17) is 5.73 Å². The molecule has 5 nitrogen and oxygen atoms in total. The lowest BCUT2D eigenvalue weighted by Gasteiger charge is -2.05. The molecule has 0 atom stereocenters. The maximum absolute atomic E-state index is 13.1. The highest BCUT2D eigenvalue weighted by atomic mass is 79.9. The van der Waals surface area contributed by atoms with Crippen molar-refractivity contribution in [2.45, 2.75) is 0 Å². The van der Waals surface area contributed by atoms with Gasteiger partial charge >= 0.3 is 0 Å². The second kappa shape index (κ2) is 4.76. The number of nitrogens with zero attached hydrogens (tertiary/aromatic N) is 2. The van der Waals surface area contributed by atoms with Crippen LogP contribution in [-0.4, -0.2) is 16.1 Å². The van der Waals surface area contributed by atoms with E-state index in [0.29, 0.717) is 9.60 Å². The van der Waals surface area contributed by atoms with Crippen molar-refractivity contribution < 1.29 is 9.18 Å². The Kier molecular flexibility index (Phi) is 3.34. The summed E-state index contributed by atoms with van der Waals surface area (Å²) in [6, 6.07) is 2.40. The molecule has 0 radical (unpaired) electrons. The third kappa shape index (κ3) is 2.59. The molecule has 0 saturated heterocycles. The number of carbonyl (C=O) groups is 1. The molecule has 88 valence electrons. The monoisotopic (exact) mass is 316 g/mol. The zero-order chi connectivity index (χ0) is 12.4. The average molecular weight is 317 g/mol. The number of nitrogens with two attached hydrogens (primary N) is 1. The Morgan fingerprint density at radius 1 is 1.53 bits per heavy atom. The Labute approximate surface area is 108 Å². The number of rotatable bonds is 2. The van der Waals surface area contributed by atoms with Crippen LogP contribution in [0.25, 0.3) is 0 Å². The lowest BCUT2D eigenvalue weighted by atomic mass is 10.2. The van der Waals surface area contributed by atoms with Gasteiger partial charge in [-0.15, -0.1) is 10.2 Å². The molecule has 0 fully saturated rings. The van der Waals surface area contributed by atoms with Crippen molar-refractivity contribution in [2.75, 3.05) is 11.1 Å². The first-order chi connectivity index (χ1) is 8.08. The van der Waals surface area contributed by atoms with E-state index in [1.54, 1.807) is 0 Å². The Morgan fingerprint density at radius 2 is 2.29 bits per heavy atom. The minimum Gasteiger partial charge on any atom is -0.396 e. The summed E-state index contributed by atoms with van der Waals surface area (Å²) in [6.07, 6.45) is 0. The van der Waals surface area contributed by atoms with Crippen molar-refractivity contribution in [3.63, 3.8) is 0 Å². The number of amides is 1. The summed E-state index contributed by atoms with van der Waals surface area (Å²) < 4.78 is 13.4. The fraction of sp³-hybridized carbons (Fsp3) is 0. The lowest BCUT2D eigenvalue weighted by molar-refractivity contribution is 0.102. The summed E-state index contributed by atoms with van der Waals surface area (Å²) in [5.74, 6) is -1.01. The molecule has 17 heavy (non-hydrogen) atoms. The second-order valence-electron chi connectivity index (χ2n) is 3.05. The van der Waals surface area contributed by atoms with Gasteiger partial charge in [0.05, 0.1) is 11.3 Å². The molecular formula is C9H6BrFN4OS. The Morgan fingerprint density at radius 3 is 2.94 bits per heavy atom. The number of halogens is 2. The van der Waals surface area contributed by atoms with E-state index in [1.165, 1.54) is 22.9 Å². The van der Waals surface area contributed by atoms with Gasteiger partial charge in [0, 0.05) is 4.47 Å². The number of hydrogen-bond donors (Lipinski definition) is 2. The molecule has 1 aromatic carbocycles. The van der Waals surface area contributed by atoms with Crippen molar-refractivity contribution in [1.29, 1.82) is 0 Å². The lowest BCUT2D eigenvalue weighted by Crippen LogP contribution is -2.13. The molecule has 3 N–H and O–H groups in total. The van der Waals surface area contributed by atoms with Crippen LogP contribution in [0.15, 0.2) is 22.1 Å². The first-order valence-electron chi connectivity index (χ1n) is 4.40. The number of carbonyl (C=O) groups excluding carboxylic acids is 1. The molecule has 2 aromatic rings. The minimum absolute atomic E-state index is 0.0874. The largest absolute Gasteiger partial charge is 0.396 e. The second-order valence-corrected chi connectivity index (χ2v) is 4.74. The van der Waals surface area contributed by atoms with Gasteiger partial charge in [-0.1, -0.05) is 11.3 Å². The van der Waals surface area contributed by atoms with Crippen LogP contribution in [0.4, 0.5) is 15.2 Å². The van der Waals surface area contributed by atoms with E-state index in [1.807, 2.05) is 0 Å². The van der Waals surface area contributed by atoms with Gasteiger partial charge < -0.3 is 5.73 Å². The van der Waals surface area contributed by atoms with Crippen LogP contribution in [0, 0.1) is 5.82 Å². The van der Waals surface area contributed by atoms with E-state index in [0.717, 1.165) is 6.07 Å². The topological polar surface area (TPSA) is 80.9 Å². The van der Waals surface area contributed by atoms with Gasteiger partial charge in [0.1, 0.15) is 11.3 Å². The van der Waals surface area contributed by atoms with Crippen molar-refractivity contribution >= 4 is 44.0 Å². The predicted octanol–water partition coefficient (Wildman–Crippen LogP) is 2.27. The van der Waals surface area contributed by atoms with Crippen molar-refractivity contribution in [3.8, 4) is 0 Å². The van der Waals surface area contributed by atoms with Crippen LogP contribution in [0.3, 0.4) is 0 Å². The van der Waals surface area contributed by atoms with Crippen molar-refractivity contribution in [2.24, 2.45) is 0 Å². The highest BCUT2D eigenvalue weighted by Gasteiger charge is 2.14. The van der Waals surface area contributed by atoms with Gasteiger partial charge in [0.15, 0.2) is 0 Å². The van der Waals surface area contributed by atoms with E-state index >= 15 is 0 Å². The molecule has 0 unspecified atom stereocenters. The number of anilines is 2. The zero-order valence-electron chi connectivity index (χ0n) is 8.28. The minimum atomic E-state index is -0.579. The van der Waals surface area contributed by atoms with E-state index in [2.05, 4.69) is 31.4 Å². The average Bonchev–Trinajstić information content (AvgIpc) is 2.76. The molecule has 0 spiro atoms. The molecule has 0 saturated carbocycles. The first kappa shape index (κ1) is 11.9. The summed E-state index contributed by atoms with van der Waals surface area (Å²) in [5, 5.41) is 10.1. The SMILES string of the molecule is Nc1cc(C(=O)Nc2nncs2)c(Br)cc1F. The Bertz CT molecular complexity index is 560. The third-order valence-corrected chi connectivity index (χ3v) is 3.17. The van der Waals surface area contributed by atoms with E-state index < -0.39 is 11.7 Å². The summed E-state index contributed by atoms with van der Waals surface area (Å²) >= 11 is 4.28. The van der Waals surface area contributed by atoms with Crippen LogP contribution in [0.5, 0.6) is 0 Å². The van der Waals surface area contributed by atoms with Gasteiger partial charge in [0.2, 0.25) is 5.13 Å². The van der Waals surface area contributed by atoms with Crippen molar-refractivity contribution in [3.05, 3.63) is 33.5 Å². The number of hydrogen-bond acceptors (Lipinski definition) is 5. The van der Waals surface area contributed by atoms with Crippen LogP contribution in [0.2, 0.25) is 0 Å². The van der Waals surface area contributed by atoms with Gasteiger partial charge in [-0.05, 0) is 28.1 Å². The smallest absolute Gasteiger partial charge is 0.258 e. The molecule has 0 aliphatic rings. The highest BCUT2D eigenvalue weighted by Crippen LogP contribution is 2.23. The van der Waals surface area contributed by atoms with Crippen LogP contribution >= 0.6 is 27.3 Å². The fourth-order valence-electron chi connectivity index (χ4n) is 1.13. The maximum Gasteiger partial charge on any atom is 0.258 e. The molecule has 0 aliphatic heterocycles. The van der Waals surface area contributed by atoms with Crippen molar-refractivity contribution in [1.82, 2.24) is 10.2 Å². The maximum atomic E-state index is 13.1. The molecule has 1 amide bonds. The summed E-state index contributed by atoms with van der Waals surface area (Å²) in [5.41, 5.74) is 7.04. The molecule has 1 heterocycles. The number of aromatic nitrogens is 2. The van der Waals surface area contributed by atoms with E-state index in [9.17, 15) is 9.18 Å². The normalized spacial score (nSPS) is 10.2. The molecule has 0 aliphatic carbocycles. The molecule has 8 heteroatoms. The summed E-state index contributed by atoms with van der Waals surface area (Å²) in [6.45, 7) is 0. The molecular weight excluding hydrogens is 311 g/mol. The first-order valence-corrected chi connectivity index (χ1v) is 6.07. The van der Waals surface area contributed by atoms with Gasteiger partial charge in [-0.25, -0.2) is 4.39 Å². The third-order valence-electron chi connectivity index (χ3n) is 1.91. The van der Waals surface area contributed by atoms with Gasteiger partial charge in [0.25, 0.3) is 5.91 Å². The number of nitrogen functional groups attached to an aromatic ring is 1. The highest BCUT2D eigenvalue weighted by molar-refractivity contribution is 9.10. The van der Waals surface area contributed by atoms with E-state index in [-0.39, 0.29) is 11.3 Å². The molecule has 0 bridgehead atoms. The van der Waals surface area contributed by atoms with Crippen LogP contribution in [-0.2, 0) is 0 Å². The molecule has 1 aromatic heterocycles. The molecule has 2 rings (SSSR count).